The Kier molecular flexibility index (Phi) is 6.64. The number of likely N-dealkylation sites (N-methyl/N-ethyl adjacent to an activating group) is 1. The zero-order valence-corrected chi connectivity index (χ0v) is 17.3. The number of piperazine rings is 1. The molecule has 1 aromatic carbocycles. The summed E-state index contributed by atoms with van der Waals surface area (Å²) in [7, 11) is 1.56. The first-order valence-corrected chi connectivity index (χ1v) is 10.3. The molecule has 0 bridgehead atoms. The Bertz CT molecular complexity index is 897. The van der Waals surface area contributed by atoms with Gasteiger partial charge in [-0.25, -0.2) is 0 Å². The molecule has 2 amide bonds. The number of carbonyl (C=O) groups excluding carboxylic acids is 2. The largest absolute Gasteiger partial charge is 0.497 e. The number of nitrogens with zero attached hydrogens (tertiary/aromatic N) is 4. The van der Waals surface area contributed by atoms with Crippen molar-refractivity contribution in [3.8, 4) is 5.75 Å². The Labute approximate surface area is 168 Å². The normalized spacial score (nSPS) is 16.8. The van der Waals surface area contributed by atoms with Crippen molar-refractivity contribution in [1.82, 2.24) is 14.4 Å². The molecule has 7 nitrogen and oxygen atoms in total. The Hall–Kier alpha value is -2.45. The van der Waals surface area contributed by atoms with E-state index in [1.807, 2.05) is 23.4 Å². The summed E-state index contributed by atoms with van der Waals surface area (Å²) < 4.78 is 6.94. The lowest BCUT2D eigenvalue weighted by molar-refractivity contribution is -0.136. The minimum Gasteiger partial charge on any atom is -0.497 e. The molecule has 1 fully saturated rings. The summed E-state index contributed by atoms with van der Waals surface area (Å²) in [5, 5.41) is 1.84. The monoisotopic (exact) mass is 402 g/mol. The maximum atomic E-state index is 12.9. The van der Waals surface area contributed by atoms with Crippen LogP contribution in [0.3, 0.4) is 0 Å². The van der Waals surface area contributed by atoms with E-state index in [9.17, 15) is 9.59 Å². The summed E-state index contributed by atoms with van der Waals surface area (Å²) in [6.07, 6.45) is 1.81. The number of carbonyl (C=O) groups is 2. The van der Waals surface area contributed by atoms with Gasteiger partial charge in [0, 0.05) is 43.3 Å². The number of rotatable bonds is 5. The lowest BCUT2D eigenvalue weighted by Gasteiger charge is -2.35. The van der Waals surface area contributed by atoms with Crippen LogP contribution >= 0.6 is 11.3 Å². The third-order valence-electron chi connectivity index (χ3n) is 5.04. The molecule has 0 unspecified atom stereocenters. The van der Waals surface area contributed by atoms with Crippen LogP contribution in [0.2, 0.25) is 0 Å². The fourth-order valence-electron chi connectivity index (χ4n) is 3.24. The van der Waals surface area contributed by atoms with Crippen LogP contribution in [-0.4, -0.2) is 66.0 Å². The van der Waals surface area contributed by atoms with Crippen LogP contribution in [0, 0.1) is 0 Å². The molecule has 0 radical (unpaired) electrons. The molecule has 0 aliphatic carbocycles. The first-order valence-electron chi connectivity index (χ1n) is 9.43. The van der Waals surface area contributed by atoms with Crippen molar-refractivity contribution in [3.05, 3.63) is 46.2 Å². The van der Waals surface area contributed by atoms with Crippen LogP contribution in [0.15, 0.2) is 40.8 Å². The standard InChI is InChI=1S/C20H26N4O3S/c1-4-22-8-10-23(11-9-22)19(26)15(2)24-12-13-28-20(24)21-18(25)16-6-5-7-17(14-16)27-3/h5-7,12-15H,4,8-11H2,1-3H3/t15-/m0/s1. The van der Waals surface area contributed by atoms with Gasteiger partial charge in [-0.05, 0) is 31.7 Å². The molecule has 0 spiro atoms. The smallest absolute Gasteiger partial charge is 0.279 e. The molecule has 1 aliphatic rings. The lowest BCUT2D eigenvalue weighted by Crippen LogP contribution is -2.50. The molecule has 8 heteroatoms. The predicted octanol–water partition coefficient (Wildman–Crippen LogP) is 2.02. The third kappa shape index (κ3) is 4.51. The highest BCUT2D eigenvalue weighted by molar-refractivity contribution is 7.07. The van der Waals surface area contributed by atoms with Gasteiger partial charge in [-0.2, -0.15) is 4.99 Å². The lowest BCUT2D eigenvalue weighted by atomic mass is 10.2. The first kappa shape index (κ1) is 20.3. The zero-order valence-electron chi connectivity index (χ0n) is 16.5. The van der Waals surface area contributed by atoms with Crippen LogP contribution in [0.25, 0.3) is 0 Å². The quantitative estimate of drug-likeness (QED) is 0.768. The van der Waals surface area contributed by atoms with Crippen molar-refractivity contribution in [3.63, 3.8) is 0 Å². The number of thiazole rings is 1. The third-order valence-corrected chi connectivity index (χ3v) is 5.81. The molecule has 0 N–H and O–H groups in total. The molecule has 1 atom stereocenters. The van der Waals surface area contributed by atoms with Gasteiger partial charge in [0.05, 0.1) is 7.11 Å². The highest BCUT2D eigenvalue weighted by atomic mass is 32.1. The topological polar surface area (TPSA) is 67.1 Å². The number of hydrogen-bond acceptors (Lipinski definition) is 5. The van der Waals surface area contributed by atoms with E-state index in [0.29, 0.717) is 16.1 Å². The highest BCUT2D eigenvalue weighted by Crippen LogP contribution is 2.14. The second kappa shape index (κ2) is 9.16. The number of methoxy groups -OCH3 is 1. The Morgan fingerprint density at radius 2 is 2.00 bits per heavy atom. The maximum absolute atomic E-state index is 12.9. The Balaban J connectivity index is 1.77. The fourth-order valence-corrected chi connectivity index (χ4v) is 4.03. The predicted molar refractivity (Wildman–Crippen MR) is 109 cm³/mol. The van der Waals surface area contributed by atoms with Crippen LogP contribution in [0.5, 0.6) is 5.75 Å². The van der Waals surface area contributed by atoms with E-state index in [2.05, 4.69) is 16.8 Å². The van der Waals surface area contributed by atoms with Crippen LogP contribution in [0.1, 0.15) is 30.2 Å². The van der Waals surface area contributed by atoms with Crippen molar-refractivity contribution >= 4 is 23.2 Å². The second-order valence-electron chi connectivity index (χ2n) is 6.68. The fraction of sp³-hybridized carbons (Fsp3) is 0.450. The maximum Gasteiger partial charge on any atom is 0.279 e. The van der Waals surface area contributed by atoms with Gasteiger partial charge in [0.1, 0.15) is 11.8 Å². The van der Waals surface area contributed by atoms with Gasteiger partial charge >= 0.3 is 0 Å². The van der Waals surface area contributed by atoms with Gasteiger partial charge in [0.2, 0.25) is 5.91 Å². The molecule has 3 rings (SSSR count). The van der Waals surface area contributed by atoms with E-state index < -0.39 is 6.04 Å². The SMILES string of the molecule is CCN1CCN(C(=O)[C@H](C)n2ccsc2=NC(=O)c2cccc(OC)c2)CC1. The zero-order chi connectivity index (χ0) is 20.1. The molecular weight excluding hydrogens is 376 g/mol. The number of hydrogen-bond donors (Lipinski definition) is 0. The van der Waals surface area contributed by atoms with E-state index in [1.165, 1.54) is 11.3 Å². The van der Waals surface area contributed by atoms with Gasteiger partial charge in [0.25, 0.3) is 5.91 Å². The van der Waals surface area contributed by atoms with Crippen molar-refractivity contribution in [2.75, 3.05) is 39.8 Å². The molecule has 1 saturated heterocycles. The molecule has 0 saturated carbocycles. The summed E-state index contributed by atoms with van der Waals surface area (Å²) in [5.74, 6) is 0.311. The van der Waals surface area contributed by atoms with Gasteiger partial charge in [-0.1, -0.05) is 13.0 Å². The summed E-state index contributed by atoms with van der Waals surface area (Å²) in [4.78, 5) is 34.5. The van der Waals surface area contributed by atoms with E-state index in [1.54, 1.807) is 35.9 Å². The minimum absolute atomic E-state index is 0.0597. The Morgan fingerprint density at radius 1 is 1.25 bits per heavy atom. The second-order valence-corrected chi connectivity index (χ2v) is 7.55. The number of ether oxygens (including phenoxy) is 1. The summed E-state index contributed by atoms with van der Waals surface area (Å²) in [6.45, 7) is 8.26. The van der Waals surface area contributed by atoms with Crippen molar-refractivity contribution in [2.24, 2.45) is 4.99 Å². The van der Waals surface area contributed by atoms with E-state index in [4.69, 9.17) is 4.74 Å². The van der Waals surface area contributed by atoms with Crippen LogP contribution in [0.4, 0.5) is 0 Å². The average Bonchev–Trinajstić information content (AvgIpc) is 3.20. The van der Waals surface area contributed by atoms with Gasteiger partial charge in [-0.15, -0.1) is 11.3 Å². The van der Waals surface area contributed by atoms with E-state index in [-0.39, 0.29) is 11.8 Å². The van der Waals surface area contributed by atoms with E-state index >= 15 is 0 Å². The van der Waals surface area contributed by atoms with Gasteiger partial charge in [0.15, 0.2) is 4.80 Å². The molecule has 2 heterocycles. The summed E-state index contributed by atoms with van der Waals surface area (Å²) >= 11 is 1.34. The summed E-state index contributed by atoms with van der Waals surface area (Å²) in [5.41, 5.74) is 0.453. The van der Waals surface area contributed by atoms with Gasteiger partial charge < -0.3 is 19.1 Å². The Morgan fingerprint density at radius 3 is 2.68 bits per heavy atom. The number of aromatic nitrogens is 1. The van der Waals surface area contributed by atoms with Crippen LogP contribution in [-0.2, 0) is 4.79 Å². The number of benzene rings is 1. The first-order chi connectivity index (χ1) is 13.5. The molecule has 2 aromatic rings. The molecule has 28 heavy (non-hydrogen) atoms. The van der Waals surface area contributed by atoms with Crippen LogP contribution < -0.4 is 9.54 Å². The molecule has 1 aliphatic heterocycles. The molecular formula is C20H26N4O3S. The van der Waals surface area contributed by atoms with E-state index in [0.717, 1.165) is 32.7 Å². The minimum atomic E-state index is -0.406. The molecule has 1 aromatic heterocycles. The van der Waals surface area contributed by atoms with Crippen molar-refractivity contribution < 1.29 is 14.3 Å². The summed E-state index contributed by atoms with van der Waals surface area (Å²) in [6, 6.07) is 6.49. The molecule has 150 valence electrons. The highest BCUT2D eigenvalue weighted by Gasteiger charge is 2.25. The van der Waals surface area contributed by atoms with Gasteiger partial charge in [-0.3, -0.25) is 9.59 Å². The van der Waals surface area contributed by atoms with Crippen molar-refractivity contribution in [1.29, 1.82) is 0 Å². The average molecular weight is 403 g/mol. The van der Waals surface area contributed by atoms with Crippen molar-refractivity contribution in [2.45, 2.75) is 19.9 Å². The number of amides is 2.